The number of carboxylic acids is 1. The van der Waals surface area contributed by atoms with Gasteiger partial charge in [-0.1, -0.05) is 48.5 Å². The van der Waals surface area contributed by atoms with Crippen LogP contribution in [0.3, 0.4) is 0 Å². The molecule has 0 saturated heterocycles. The Kier molecular flexibility index (Phi) is 7.40. The van der Waals surface area contributed by atoms with Crippen LogP contribution in [0, 0.1) is 0 Å². The molecule has 1 heterocycles. The number of hydrogen-bond acceptors (Lipinski definition) is 6. The van der Waals surface area contributed by atoms with Crippen molar-refractivity contribution in [2.24, 2.45) is 7.05 Å². The third-order valence-corrected chi connectivity index (χ3v) is 6.61. The van der Waals surface area contributed by atoms with Gasteiger partial charge in [0.1, 0.15) is 24.0 Å². The largest absolute Gasteiger partial charge is 0.480 e. The van der Waals surface area contributed by atoms with Gasteiger partial charge in [0, 0.05) is 13.0 Å². The van der Waals surface area contributed by atoms with E-state index in [1.54, 1.807) is 7.05 Å². The number of aromatic nitrogens is 2. The third-order valence-electron chi connectivity index (χ3n) is 5.96. The summed E-state index contributed by atoms with van der Waals surface area (Å²) in [6, 6.07) is 15.0. The molecule has 2 aromatic carbocycles. The number of aryl methyl sites for hydroxylation is 1. The van der Waals surface area contributed by atoms with Gasteiger partial charge >= 0.3 is 12.1 Å². The molecule has 9 nitrogen and oxygen atoms in total. The van der Waals surface area contributed by atoms with Gasteiger partial charge in [-0.25, -0.2) is 9.59 Å². The zero-order valence-corrected chi connectivity index (χ0v) is 20.2. The number of carbonyl (C=O) groups excluding carboxylic acids is 2. The van der Waals surface area contributed by atoms with Crippen LogP contribution in [-0.4, -0.2) is 57.5 Å². The van der Waals surface area contributed by atoms with E-state index in [4.69, 9.17) is 4.74 Å². The molecule has 0 bridgehead atoms. The predicted octanol–water partition coefficient (Wildman–Crippen LogP) is 3.72. The number of anilines is 1. The number of amides is 2. The van der Waals surface area contributed by atoms with Crippen molar-refractivity contribution in [1.82, 2.24) is 15.1 Å². The molecule has 3 N–H and O–H groups in total. The van der Waals surface area contributed by atoms with Crippen molar-refractivity contribution in [3.05, 3.63) is 71.4 Å². The van der Waals surface area contributed by atoms with Gasteiger partial charge in [-0.15, -0.1) is 0 Å². The third kappa shape index (κ3) is 5.17. The van der Waals surface area contributed by atoms with Crippen molar-refractivity contribution in [3.63, 3.8) is 0 Å². The van der Waals surface area contributed by atoms with Gasteiger partial charge in [0.05, 0.1) is 6.20 Å². The number of carboxylic acid groups (broad SMARTS) is 1. The summed E-state index contributed by atoms with van der Waals surface area (Å²) in [4.78, 5) is 36.9. The maximum atomic E-state index is 12.8. The molecule has 2 amide bonds. The summed E-state index contributed by atoms with van der Waals surface area (Å²) in [5, 5.41) is 18.5. The van der Waals surface area contributed by atoms with Gasteiger partial charge < -0.3 is 15.2 Å². The highest BCUT2D eigenvalue weighted by atomic mass is 32.2. The first-order valence-corrected chi connectivity index (χ1v) is 12.5. The second-order valence-electron chi connectivity index (χ2n) is 8.13. The molecule has 3 aromatic rings. The molecular formula is C25H26N4O5S. The summed E-state index contributed by atoms with van der Waals surface area (Å²) in [6.07, 6.45) is 2.68. The fourth-order valence-corrected chi connectivity index (χ4v) is 4.68. The molecule has 0 fully saturated rings. The lowest BCUT2D eigenvalue weighted by Crippen LogP contribution is -2.41. The number of ether oxygens (including phenoxy) is 1. The number of fused-ring (bicyclic) bond motifs is 3. The Hall–Kier alpha value is -3.79. The molecular weight excluding hydrogens is 468 g/mol. The zero-order valence-electron chi connectivity index (χ0n) is 19.4. The van der Waals surface area contributed by atoms with Crippen LogP contribution in [0.25, 0.3) is 11.1 Å². The summed E-state index contributed by atoms with van der Waals surface area (Å²) in [6.45, 7) is 0.120. The van der Waals surface area contributed by atoms with E-state index < -0.39 is 24.0 Å². The van der Waals surface area contributed by atoms with Gasteiger partial charge in [0.15, 0.2) is 0 Å². The molecule has 35 heavy (non-hydrogen) atoms. The van der Waals surface area contributed by atoms with Crippen LogP contribution >= 0.6 is 11.8 Å². The van der Waals surface area contributed by atoms with Crippen molar-refractivity contribution < 1.29 is 24.2 Å². The quantitative estimate of drug-likeness (QED) is 0.414. The number of benzene rings is 2. The maximum Gasteiger partial charge on any atom is 0.412 e. The fourth-order valence-electron chi connectivity index (χ4n) is 4.21. The highest BCUT2D eigenvalue weighted by molar-refractivity contribution is 7.98. The first kappa shape index (κ1) is 24.3. The lowest BCUT2D eigenvalue weighted by Gasteiger charge is -2.16. The van der Waals surface area contributed by atoms with E-state index in [-0.39, 0.29) is 30.3 Å². The second-order valence-corrected chi connectivity index (χ2v) is 9.11. The number of nitrogens with one attached hydrogen (secondary N) is 2. The number of rotatable bonds is 9. The summed E-state index contributed by atoms with van der Waals surface area (Å²) >= 11 is 1.49. The second kappa shape index (κ2) is 10.6. The molecule has 1 aromatic heterocycles. The molecule has 0 radical (unpaired) electrons. The Labute approximate surface area is 206 Å². The monoisotopic (exact) mass is 494 g/mol. The minimum atomic E-state index is -1.12. The van der Waals surface area contributed by atoms with Crippen LogP contribution in [0.5, 0.6) is 0 Å². The van der Waals surface area contributed by atoms with Crippen LogP contribution in [0.2, 0.25) is 0 Å². The van der Waals surface area contributed by atoms with E-state index in [0.717, 1.165) is 22.3 Å². The molecule has 1 aliphatic carbocycles. The molecule has 0 unspecified atom stereocenters. The lowest BCUT2D eigenvalue weighted by molar-refractivity contribution is -0.139. The highest BCUT2D eigenvalue weighted by Crippen LogP contribution is 2.44. The van der Waals surface area contributed by atoms with Gasteiger partial charge in [-0.3, -0.25) is 14.8 Å². The summed E-state index contributed by atoms with van der Waals surface area (Å²) in [7, 11) is 1.57. The molecule has 1 atom stereocenters. The average Bonchev–Trinajstić information content (AvgIpc) is 3.37. The standard InChI is InChI=1S/C25H26N4O5S/c1-29-22(19(13-26-29)23(30)27-21(24(31)32)11-12-35-2)28-25(33)34-14-20-17-9-5-3-7-15(17)16-8-4-6-10-18(16)20/h3-10,13,20-21H,11-12,14H2,1-2H3,(H,27,30)(H,28,33)(H,31,32)/t21-/m0/s1. The normalized spacial score (nSPS) is 13.0. The Morgan fingerprint density at radius 2 is 1.74 bits per heavy atom. The molecule has 0 aliphatic heterocycles. The number of aliphatic carboxylic acids is 1. The van der Waals surface area contributed by atoms with Crippen LogP contribution in [0.1, 0.15) is 33.8 Å². The van der Waals surface area contributed by atoms with Gasteiger partial charge in [-0.05, 0) is 40.7 Å². The molecule has 4 rings (SSSR count). The minimum absolute atomic E-state index is 0.0522. The van der Waals surface area contributed by atoms with Crippen molar-refractivity contribution in [2.45, 2.75) is 18.4 Å². The first-order chi connectivity index (χ1) is 16.9. The molecule has 0 saturated carbocycles. The topological polar surface area (TPSA) is 123 Å². The summed E-state index contributed by atoms with van der Waals surface area (Å²) < 4.78 is 6.88. The highest BCUT2D eigenvalue weighted by Gasteiger charge is 2.29. The van der Waals surface area contributed by atoms with Crippen LogP contribution in [0.4, 0.5) is 10.6 Å². The number of hydrogen-bond donors (Lipinski definition) is 3. The van der Waals surface area contributed by atoms with Crippen molar-refractivity contribution >= 4 is 35.5 Å². The Morgan fingerprint density at radius 3 is 2.34 bits per heavy atom. The van der Waals surface area contributed by atoms with E-state index in [0.29, 0.717) is 5.75 Å². The SMILES string of the molecule is CSCC[C@H](NC(=O)c1cnn(C)c1NC(=O)OCC1c2ccccc2-c2ccccc21)C(=O)O. The van der Waals surface area contributed by atoms with Crippen LogP contribution in [-0.2, 0) is 16.6 Å². The molecule has 182 valence electrons. The maximum absolute atomic E-state index is 12.8. The predicted molar refractivity (Wildman–Crippen MR) is 134 cm³/mol. The summed E-state index contributed by atoms with van der Waals surface area (Å²) in [5.74, 6) is -1.17. The zero-order chi connectivity index (χ0) is 24.9. The Bertz CT molecular complexity index is 1210. The fraction of sp³-hybridized carbons (Fsp3) is 0.280. The van der Waals surface area contributed by atoms with E-state index in [1.165, 1.54) is 22.6 Å². The van der Waals surface area contributed by atoms with Gasteiger partial charge in [-0.2, -0.15) is 16.9 Å². The number of thioether (sulfide) groups is 1. The van der Waals surface area contributed by atoms with Crippen molar-refractivity contribution in [1.29, 1.82) is 0 Å². The van der Waals surface area contributed by atoms with Gasteiger partial charge in [0.2, 0.25) is 0 Å². The average molecular weight is 495 g/mol. The van der Waals surface area contributed by atoms with Gasteiger partial charge in [0.25, 0.3) is 5.91 Å². The molecule has 1 aliphatic rings. The van der Waals surface area contributed by atoms with Crippen molar-refractivity contribution in [2.75, 3.05) is 23.9 Å². The van der Waals surface area contributed by atoms with Crippen LogP contribution in [0.15, 0.2) is 54.7 Å². The molecule has 10 heteroatoms. The van der Waals surface area contributed by atoms with E-state index in [9.17, 15) is 19.5 Å². The van der Waals surface area contributed by atoms with E-state index >= 15 is 0 Å². The minimum Gasteiger partial charge on any atom is -0.480 e. The smallest absolute Gasteiger partial charge is 0.412 e. The lowest BCUT2D eigenvalue weighted by atomic mass is 9.98. The number of carbonyl (C=O) groups is 3. The summed E-state index contributed by atoms with van der Waals surface area (Å²) in [5.41, 5.74) is 4.48. The first-order valence-electron chi connectivity index (χ1n) is 11.1. The van der Waals surface area contributed by atoms with E-state index in [2.05, 4.69) is 27.9 Å². The Morgan fingerprint density at radius 1 is 1.11 bits per heavy atom. The molecule has 0 spiro atoms. The Balaban J connectivity index is 1.44. The van der Waals surface area contributed by atoms with Crippen molar-refractivity contribution in [3.8, 4) is 11.1 Å². The number of nitrogens with zero attached hydrogens (tertiary/aromatic N) is 2. The van der Waals surface area contributed by atoms with E-state index in [1.807, 2.05) is 42.7 Å². The van der Waals surface area contributed by atoms with Crippen LogP contribution < -0.4 is 10.6 Å².